The molecule has 1 N–H and O–H groups in total. The maximum atomic E-state index is 12.2. The number of rotatable bonds is 4. The monoisotopic (exact) mass is 324 g/mol. The molecule has 0 bridgehead atoms. The smallest absolute Gasteiger partial charge is 0.297 e. The molecule has 0 saturated heterocycles. The average molecular weight is 324 g/mol. The largest absolute Gasteiger partial charge is 0.495 e. The number of furan rings is 1. The second-order valence-electron chi connectivity index (χ2n) is 4.30. The molecule has 0 unspecified atom stereocenters. The van der Waals surface area contributed by atoms with Gasteiger partial charge in [0, 0.05) is 0 Å². The zero-order valence-corrected chi connectivity index (χ0v) is 12.9. The molecule has 21 heavy (non-hydrogen) atoms. The van der Waals surface area contributed by atoms with Gasteiger partial charge >= 0.3 is 0 Å². The van der Waals surface area contributed by atoms with Gasteiger partial charge in [-0.2, -0.15) is 8.42 Å². The molecule has 6 nitrogen and oxygen atoms in total. The maximum absolute atomic E-state index is 12.2. The average Bonchev–Trinajstić information content (AvgIpc) is 3.03. The van der Waals surface area contributed by atoms with Crippen LogP contribution in [0.15, 0.2) is 39.8 Å². The van der Waals surface area contributed by atoms with E-state index in [1.807, 2.05) is 0 Å². The summed E-state index contributed by atoms with van der Waals surface area (Å²) in [6.07, 6.45) is 0. The molecule has 0 saturated carbocycles. The predicted molar refractivity (Wildman–Crippen MR) is 80.4 cm³/mol. The van der Waals surface area contributed by atoms with Gasteiger partial charge in [0.05, 0.1) is 17.3 Å². The second kappa shape index (κ2) is 5.05. The first kappa shape index (κ1) is 13.9. The van der Waals surface area contributed by atoms with Crippen LogP contribution in [0.3, 0.4) is 0 Å². The first-order chi connectivity index (χ1) is 9.99. The van der Waals surface area contributed by atoms with Crippen molar-refractivity contribution in [2.24, 2.45) is 0 Å². The Kier molecular flexibility index (Phi) is 3.34. The molecule has 0 amide bonds. The number of nitrogens with one attached hydrogen (secondary N) is 1. The second-order valence-corrected chi connectivity index (χ2v) is 6.91. The van der Waals surface area contributed by atoms with Crippen molar-refractivity contribution in [3.05, 3.63) is 36.1 Å². The molecule has 2 aromatic heterocycles. The van der Waals surface area contributed by atoms with Gasteiger partial charge in [0.25, 0.3) is 10.0 Å². The van der Waals surface area contributed by atoms with Crippen molar-refractivity contribution in [2.75, 3.05) is 11.8 Å². The number of sulfonamides is 1. The first-order valence-electron chi connectivity index (χ1n) is 6.02. The van der Waals surface area contributed by atoms with Gasteiger partial charge in [-0.3, -0.25) is 4.72 Å². The summed E-state index contributed by atoms with van der Waals surface area (Å²) < 4.78 is 37.9. The third-order valence-electron chi connectivity index (χ3n) is 2.80. The summed E-state index contributed by atoms with van der Waals surface area (Å²) in [6, 6.07) is 8.40. The molecule has 0 fully saturated rings. The van der Waals surface area contributed by atoms with Gasteiger partial charge in [-0.15, -0.1) is 0 Å². The molecule has 8 heteroatoms. The van der Waals surface area contributed by atoms with Gasteiger partial charge < -0.3 is 9.15 Å². The van der Waals surface area contributed by atoms with Crippen LogP contribution in [0.5, 0.6) is 5.75 Å². The van der Waals surface area contributed by atoms with Crippen molar-refractivity contribution in [1.29, 1.82) is 0 Å². The number of thiazole rings is 1. The lowest BCUT2D eigenvalue weighted by Gasteiger charge is -2.00. The number of hydrogen-bond donors (Lipinski definition) is 1. The number of nitrogens with zero attached hydrogens (tertiary/aromatic N) is 1. The molecule has 1 aromatic carbocycles. The number of ether oxygens (including phenoxy) is 1. The van der Waals surface area contributed by atoms with Crippen molar-refractivity contribution in [3.63, 3.8) is 0 Å². The van der Waals surface area contributed by atoms with Crippen LogP contribution < -0.4 is 9.46 Å². The van der Waals surface area contributed by atoms with Crippen LogP contribution in [-0.4, -0.2) is 20.5 Å². The lowest BCUT2D eigenvalue weighted by molar-refractivity contribution is 0.420. The number of aryl methyl sites for hydroxylation is 1. The van der Waals surface area contributed by atoms with E-state index in [9.17, 15) is 8.42 Å². The topological polar surface area (TPSA) is 81.4 Å². The van der Waals surface area contributed by atoms with Crippen LogP contribution in [0.1, 0.15) is 5.76 Å². The van der Waals surface area contributed by atoms with Crippen LogP contribution >= 0.6 is 11.3 Å². The minimum Gasteiger partial charge on any atom is -0.495 e. The van der Waals surface area contributed by atoms with Crippen molar-refractivity contribution < 1.29 is 17.6 Å². The summed E-state index contributed by atoms with van der Waals surface area (Å²) in [5, 5.41) is 0.134. The van der Waals surface area contributed by atoms with E-state index in [2.05, 4.69) is 9.71 Å². The minimum atomic E-state index is -3.77. The summed E-state index contributed by atoms with van der Waals surface area (Å²) in [5.74, 6) is 1.19. The molecule has 0 spiro atoms. The number of aromatic nitrogens is 1. The highest BCUT2D eigenvalue weighted by atomic mass is 32.2. The van der Waals surface area contributed by atoms with E-state index in [0.717, 1.165) is 4.70 Å². The fourth-order valence-electron chi connectivity index (χ4n) is 1.85. The zero-order valence-electron chi connectivity index (χ0n) is 11.3. The Hall–Kier alpha value is -2.06. The Balaban J connectivity index is 1.98. The summed E-state index contributed by atoms with van der Waals surface area (Å²) in [4.78, 5) is 4.25. The molecular weight excluding hydrogens is 312 g/mol. The van der Waals surface area contributed by atoms with Gasteiger partial charge in [-0.05, 0) is 31.2 Å². The normalized spacial score (nSPS) is 11.7. The van der Waals surface area contributed by atoms with Gasteiger partial charge in [-0.1, -0.05) is 17.4 Å². The van der Waals surface area contributed by atoms with Crippen LogP contribution in [0, 0.1) is 6.92 Å². The molecule has 110 valence electrons. The first-order valence-corrected chi connectivity index (χ1v) is 8.32. The van der Waals surface area contributed by atoms with E-state index in [4.69, 9.17) is 9.15 Å². The zero-order chi connectivity index (χ0) is 15.0. The molecule has 3 rings (SSSR count). The number of methoxy groups -OCH3 is 1. The molecule has 0 aliphatic carbocycles. The Bertz CT molecular complexity index is 896. The van der Waals surface area contributed by atoms with E-state index < -0.39 is 10.0 Å². The highest BCUT2D eigenvalue weighted by molar-refractivity contribution is 7.92. The van der Waals surface area contributed by atoms with E-state index in [0.29, 0.717) is 17.0 Å². The minimum absolute atomic E-state index is 0.133. The highest BCUT2D eigenvalue weighted by Crippen LogP contribution is 2.34. The molecule has 0 aliphatic heterocycles. The van der Waals surface area contributed by atoms with E-state index >= 15 is 0 Å². The standard InChI is InChI=1S/C13H12N2O4S2/c1-8-6-7-11(19-8)21(16,17)15-13-14-9-4-3-5-10(18-2)12(9)20-13/h3-7H,1-2H3,(H,14,15). The van der Waals surface area contributed by atoms with Crippen molar-refractivity contribution in [3.8, 4) is 5.75 Å². The van der Waals surface area contributed by atoms with Crippen molar-refractivity contribution >= 4 is 36.7 Å². The fraction of sp³-hybridized carbons (Fsp3) is 0.154. The van der Waals surface area contributed by atoms with Gasteiger partial charge in [0.2, 0.25) is 5.09 Å². The van der Waals surface area contributed by atoms with Gasteiger partial charge in [0.15, 0.2) is 5.13 Å². The number of anilines is 1. The van der Waals surface area contributed by atoms with Crippen LogP contribution in [0.2, 0.25) is 0 Å². The van der Waals surface area contributed by atoms with Gasteiger partial charge in [-0.25, -0.2) is 4.98 Å². The predicted octanol–water partition coefficient (Wildman–Crippen LogP) is 3.01. The number of hydrogen-bond acceptors (Lipinski definition) is 6. The lowest BCUT2D eigenvalue weighted by atomic mass is 10.3. The number of fused-ring (bicyclic) bond motifs is 1. The SMILES string of the molecule is COc1cccc2nc(NS(=O)(=O)c3ccc(C)o3)sc12. The summed E-state index contributed by atoms with van der Waals surface area (Å²) in [7, 11) is -2.21. The molecule has 0 radical (unpaired) electrons. The lowest BCUT2D eigenvalue weighted by Crippen LogP contribution is -2.11. The molecule has 0 aliphatic rings. The Labute approximate surface area is 125 Å². The van der Waals surface area contributed by atoms with Gasteiger partial charge in [0.1, 0.15) is 11.5 Å². The summed E-state index contributed by atoms with van der Waals surface area (Å²) in [5.41, 5.74) is 0.674. The van der Waals surface area contributed by atoms with Crippen LogP contribution in [-0.2, 0) is 10.0 Å². The summed E-state index contributed by atoms with van der Waals surface area (Å²) in [6.45, 7) is 1.68. The van der Waals surface area contributed by atoms with Crippen molar-refractivity contribution in [2.45, 2.75) is 12.0 Å². The highest BCUT2D eigenvalue weighted by Gasteiger charge is 2.20. The van der Waals surface area contributed by atoms with E-state index in [1.165, 1.54) is 17.4 Å². The molecule has 2 heterocycles. The number of benzene rings is 1. The Morgan fingerprint density at radius 2 is 2.10 bits per heavy atom. The van der Waals surface area contributed by atoms with Crippen LogP contribution in [0.25, 0.3) is 10.2 Å². The van der Waals surface area contributed by atoms with Crippen molar-refractivity contribution in [1.82, 2.24) is 4.98 Å². The van der Waals surface area contributed by atoms with Crippen LogP contribution in [0.4, 0.5) is 5.13 Å². The molecule has 0 atom stereocenters. The molecular formula is C13H12N2O4S2. The Morgan fingerprint density at radius 3 is 2.76 bits per heavy atom. The Morgan fingerprint density at radius 1 is 1.29 bits per heavy atom. The maximum Gasteiger partial charge on any atom is 0.297 e. The van der Waals surface area contributed by atoms with E-state index in [1.54, 1.807) is 38.3 Å². The summed E-state index contributed by atoms with van der Waals surface area (Å²) >= 11 is 1.21. The third kappa shape index (κ3) is 2.59. The molecule has 3 aromatic rings. The third-order valence-corrected chi connectivity index (χ3v) is 5.14. The van der Waals surface area contributed by atoms with E-state index in [-0.39, 0.29) is 10.2 Å². The quantitative estimate of drug-likeness (QED) is 0.798. The fourth-order valence-corrected chi connectivity index (χ4v) is 4.02.